The minimum absolute atomic E-state index is 0.175. The first-order valence-electron chi connectivity index (χ1n) is 13.5. The third-order valence-corrected chi connectivity index (χ3v) is 8.22. The van der Waals surface area contributed by atoms with Crippen molar-refractivity contribution in [2.24, 2.45) is 4.99 Å². The number of hydrogen-bond donors (Lipinski definition) is 0. The minimum atomic E-state index is -0.730. The zero-order valence-corrected chi connectivity index (χ0v) is 24.9. The number of ether oxygens (including phenoxy) is 2. The van der Waals surface area contributed by atoms with Gasteiger partial charge in [0.2, 0.25) is 0 Å². The molecule has 10 heteroatoms. The first-order valence-corrected chi connectivity index (χ1v) is 14.4. The van der Waals surface area contributed by atoms with Gasteiger partial charge in [0.25, 0.3) is 11.5 Å². The summed E-state index contributed by atoms with van der Waals surface area (Å²) in [5.41, 5.74) is 2.32. The second kappa shape index (κ2) is 12.0. The number of hydrogen-bond acceptors (Lipinski definition) is 8. The van der Waals surface area contributed by atoms with Gasteiger partial charge in [0.15, 0.2) is 4.80 Å². The Kier molecular flexibility index (Phi) is 8.26. The van der Waals surface area contributed by atoms with E-state index in [0.717, 1.165) is 0 Å². The minimum Gasteiger partial charge on any atom is -0.496 e. The number of likely N-dealkylation sites (N-methyl/N-ethyl adjacent to an activating group) is 1. The van der Waals surface area contributed by atoms with Gasteiger partial charge in [-0.1, -0.05) is 47.7 Å². The predicted octanol–water partition coefficient (Wildman–Crippen LogP) is 4.16. The Morgan fingerprint density at radius 2 is 1.76 bits per heavy atom. The standard InChI is InChI=1S/C32H31N3O6S/c1-6-34(7-2)30(37)27-19(3)33-32-35(28(27)23-14-10-11-15-24(23)39-4)29(36)26(42-32)18-20-16-17-25(41-20)21-12-8-9-13-22(21)31(38)40-5/h8-18,28H,6-7H2,1-5H3/b26-18-/t28-/m0/s1. The van der Waals surface area contributed by atoms with Crippen molar-refractivity contribution >= 4 is 29.3 Å². The van der Waals surface area contributed by atoms with Crippen molar-refractivity contribution in [1.29, 1.82) is 0 Å². The number of benzene rings is 2. The molecule has 0 saturated heterocycles. The van der Waals surface area contributed by atoms with Crippen molar-refractivity contribution < 1.29 is 23.5 Å². The molecule has 3 heterocycles. The quantitative estimate of drug-likeness (QED) is 0.288. The van der Waals surface area contributed by atoms with Gasteiger partial charge in [-0.25, -0.2) is 9.79 Å². The average molecular weight is 586 g/mol. The van der Waals surface area contributed by atoms with Crippen LogP contribution in [0, 0.1) is 0 Å². The molecular formula is C32H31N3O6S. The van der Waals surface area contributed by atoms with Crippen LogP contribution in [-0.4, -0.2) is 48.7 Å². The summed E-state index contributed by atoms with van der Waals surface area (Å²) in [7, 11) is 2.89. The Balaban J connectivity index is 1.66. The summed E-state index contributed by atoms with van der Waals surface area (Å²) in [4.78, 5) is 47.0. The molecule has 9 nitrogen and oxygen atoms in total. The molecule has 216 valence electrons. The van der Waals surface area contributed by atoms with Gasteiger partial charge in [0.05, 0.1) is 35.6 Å². The molecule has 0 unspecified atom stereocenters. The molecule has 1 aliphatic heterocycles. The highest BCUT2D eigenvalue weighted by Gasteiger charge is 2.35. The monoisotopic (exact) mass is 585 g/mol. The van der Waals surface area contributed by atoms with Gasteiger partial charge in [-0.15, -0.1) is 0 Å². The lowest BCUT2D eigenvalue weighted by molar-refractivity contribution is -0.127. The normalized spacial score (nSPS) is 14.8. The fourth-order valence-electron chi connectivity index (χ4n) is 5.15. The van der Waals surface area contributed by atoms with Crippen molar-refractivity contribution in [3.05, 3.63) is 109 Å². The maximum atomic E-state index is 14.0. The molecule has 0 saturated carbocycles. The van der Waals surface area contributed by atoms with E-state index in [9.17, 15) is 14.4 Å². The third kappa shape index (κ3) is 5.09. The van der Waals surface area contributed by atoms with Crippen LogP contribution in [0.15, 0.2) is 86.1 Å². The molecule has 42 heavy (non-hydrogen) atoms. The van der Waals surface area contributed by atoms with Gasteiger partial charge in [-0.05, 0) is 45.0 Å². The summed E-state index contributed by atoms with van der Waals surface area (Å²) < 4.78 is 18.6. The Hall–Kier alpha value is -4.70. The average Bonchev–Trinajstić information content (AvgIpc) is 3.60. The maximum absolute atomic E-state index is 14.0. The Morgan fingerprint density at radius 3 is 2.48 bits per heavy atom. The van der Waals surface area contributed by atoms with Crippen LogP contribution in [0.3, 0.4) is 0 Å². The molecule has 1 aliphatic rings. The number of amides is 1. The van der Waals surface area contributed by atoms with Crippen LogP contribution < -0.4 is 19.6 Å². The van der Waals surface area contributed by atoms with E-state index < -0.39 is 12.0 Å². The summed E-state index contributed by atoms with van der Waals surface area (Å²) in [6.07, 6.45) is 1.65. The number of thiazole rings is 1. The van der Waals surface area contributed by atoms with Gasteiger partial charge in [-0.3, -0.25) is 14.2 Å². The number of rotatable bonds is 8. The molecule has 0 radical (unpaired) electrons. The van der Waals surface area contributed by atoms with Crippen LogP contribution in [0.5, 0.6) is 5.75 Å². The SMILES string of the molecule is CCN(CC)C(=O)C1=C(C)N=c2s/c(=C\c3ccc(-c4ccccc4C(=O)OC)o3)c(=O)n2[C@H]1c1ccccc1OC. The number of esters is 1. The lowest BCUT2D eigenvalue weighted by Gasteiger charge is -2.29. The smallest absolute Gasteiger partial charge is 0.338 e. The fraction of sp³-hybridized carbons (Fsp3) is 0.250. The molecule has 0 spiro atoms. The maximum Gasteiger partial charge on any atom is 0.338 e. The van der Waals surface area contributed by atoms with E-state index in [0.29, 0.717) is 67.7 Å². The van der Waals surface area contributed by atoms with Crippen molar-refractivity contribution in [1.82, 2.24) is 9.47 Å². The van der Waals surface area contributed by atoms with Crippen molar-refractivity contribution in [2.75, 3.05) is 27.3 Å². The van der Waals surface area contributed by atoms with Crippen LogP contribution in [0.2, 0.25) is 0 Å². The highest BCUT2D eigenvalue weighted by Crippen LogP contribution is 2.36. The molecule has 2 aromatic heterocycles. The number of aromatic nitrogens is 1. The largest absolute Gasteiger partial charge is 0.496 e. The molecule has 0 aliphatic carbocycles. The first-order chi connectivity index (χ1) is 20.3. The molecule has 0 bridgehead atoms. The fourth-order valence-corrected chi connectivity index (χ4v) is 6.18. The van der Waals surface area contributed by atoms with E-state index >= 15 is 0 Å². The van der Waals surface area contributed by atoms with Crippen LogP contribution in [0.25, 0.3) is 17.4 Å². The lowest BCUT2D eigenvalue weighted by Crippen LogP contribution is -2.43. The number of methoxy groups -OCH3 is 2. The van der Waals surface area contributed by atoms with Crippen LogP contribution >= 0.6 is 11.3 Å². The third-order valence-electron chi connectivity index (χ3n) is 7.23. The predicted molar refractivity (Wildman–Crippen MR) is 160 cm³/mol. The van der Waals surface area contributed by atoms with E-state index in [1.807, 2.05) is 38.1 Å². The highest BCUT2D eigenvalue weighted by molar-refractivity contribution is 7.07. The summed E-state index contributed by atoms with van der Waals surface area (Å²) in [5, 5.41) is 0. The van der Waals surface area contributed by atoms with Crippen LogP contribution in [-0.2, 0) is 9.53 Å². The van der Waals surface area contributed by atoms with Crippen LogP contribution in [0.1, 0.15) is 48.5 Å². The lowest BCUT2D eigenvalue weighted by atomic mass is 9.94. The van der Waals surface area contributed by atoms with E-state index in [1.54, 1.807) is 66.0 Å². The van der Waals surface area contributed by atoms with E-state index in [2.05, 4.69) is 0 Å². The highest BCUT2D eigenvalue weighted by atomic mass is 32.1. The van der Waals surface area contributed by atoms with E-state index in [4.69, 9.17) is 18.9 Å². The molecule has 0 N–H and O–H groups in total. The number of nitrogens with zero attached hydrogens (tertiary/aromatic N) is 3. The molecule has 4 aromatic rings. The second-order valence-electron chi connectivity index (χ2n) is 9.54. The molecule has 2 aromatic carbocycles. The zero-order valence-electron chi connectivity index (χ0n) is 24.0. The number of carbonyl (C=O) groups excluding carboxylic acids is 2. The van der Waals surface area contributed by atoms with Gasteiger partial charge in [0.1, 0.15) is 23.3 Å². The second-order valence-corrected chi connectivity index (χ2v) is 10.5. The number of fused-ring (bicyclic) bond motifs is 1. The van der Waals surface area contributed by atoms with Crippen molar-refractivity contribution in [3.8, 4) is 17.1 Å². The topological polar surface area (TPSA) is 103 Å². The van der Waals surface area contributed by atoms with Gasteiger partial charge < -0.3 is 18.8 Å². The van der Waals surface area contributed by atoms with E-state index in [1.165, 1.54) is 18.4 Å². The molecule has 1 amide bonds. The molecule has 5 rings (SSSR count). The van der Waals surface area contributed by atoms with Crippen LogP contribution in [0.4, 0.5) is 0 Å². The summed E-state index contributed by atoms with van der Waals surface area (Å²) in [6, 6.07) is 17.1. The number of carbonyl (C=O) groups is 2. The van der Waals surface area contributed by atoms with E-state index in [-0.39, 0.29) is 11.5 Å². The Bertz CT molecular complexity index is 1880. The number of allylic oxidation sites excluding steroid dienone is 1. The Labute approximate surface area is 246 Å². The molecular weight excluding hydrogens is 554 g/mol. The Morgan fingerprint density at radius 1 is 1.05 bits per heavy atom. The van der Waals surface area contributed by atoms with Gasteiger partial charge >= 0.3 is 5.97 Å². The van der Waals surface area contributed by atoms with Crippen molar-refractivity contribution in [3.63, 3.8) is 0 Å². The zero-order chi connectivity index (χ0) is 30.0. The number of furan rings is 1. The van der Waals surface area contributed by atoms with Gasteiger partial charge in [0, 0.05) is 30.3 Å². The summed E-state index contributed by atoms with van der Waals surface area (Å²) in [5.74, 6) is 0.811. The molecule has 1 atom stereocenters. The molecule has 0 fully saturated rings. The summed E-state index contributed by atoms with van der Waals surface area (Å²) >= 11 is 1.22. The van der Waals surface area contributed by atoms with Crippen molar-refractivity contribution in [2.45, 2.75) is 26.8 Å². The first kappa shape index (κ1) is 28.8. The number of para-hydroxylation sites is 1. The van der Waals surface area contributed by atoms with Gasteiger partial charge in [-0.2, -0.15) is 0 Å². The summed E-state index contributed by atoms with van der Waals surface area (Å²) in [6.45, 7) is 6.69.